The molecule has 2 aliphatic heterocycles. The first-order chi connectivity index (χ1) is 20.1. The van der Waals surface area contributed by atoms with Gasteiger partial charge in [0.15, 0.2) is 0 Å². The van der Waals surface area contributed by atoms with Crippen molar-refractivity contribution >= 4 is 12.1 Å². The molecule has 2 heterocycles. The van der Waals surface area contributed by atoms with Gasteiger partial charge >= 0.3 is 0 Å². The molecule has 0 radical (unpaired) electrons. The molecule has 9 nitrogen and oxygen atoms in total. The molecule has 226 valence electrons. The first-order valence-corrected chi connectivity index (χ1v) is 14.8. The average Bonchev–Trinajstić information content (AvgIpc) is 2.99. The van der Waals surface area contributed by atoms with Crippen molar-refractivity contribution in [1.82, 2.24) is 10.6 Å². The second kappa shape index (κ2) is 16.7. The highest BCUT2D eigenvalue weighted by atomic mass is 16.5. The number of benzene rings is 2. The van der Waals surface area contributed by atoms with Gasteiger partial charge in [0.25, 0.3) is 0 Å². The van der Waals surface area contributed by atoms with E-state index in [4.69, 9.17) is 23.7 Å². The molecule has 1 saturated heterocycles. The molecule has 4 rings (SSSR count). The van der Waals surface area contributed by atoms with Crippen LogP contribution in [0.1, 0.15) is 36.0 Å². The Kier molecular flexibility index (Phi) is 12.7. The number of rotatable bonds is 17. The molecule has 0 bridgehead atoms. The van der Waals surface area contributed by atoms with Crippen LogP contribution in [-0.2, 0) is 37.0 Å². The predicted octanol–water partition coefficient (Wildman–Crippen LogP) is 3.36. The van der Waals surface area contributed by atoms with Crippen molar-refractivity contribution in [1.29, 1.82) is 0 Å². The molecule has 1 unspecified atom stereocenters. The smallest absolute Gasteiger partial charge is 0.207 e. The van der Waals surface area contributed by atoms with Gasteiger partial charge in [-0.05, 0) is 41.2 Å². The standard InChI is InChI=1S/C32H47N3O6/c1-24(19-38-3)20-39-21-25-5-8-27(9-6-25)32-28(17-34-23-36)16-33-18-31(32)41-22-26-7-10-30-29(15-26)35(12-14-40-30)11-4-13-37-2/h5-10,15,23-24,28,31-33H,4,11-14,16-22H2,1-3H3,(H,34,36)/t24?,28-,31-,32-/m0/s1. The average molecular weight is 570 g/mol. The number of carbonyl (C=O) groups is 1. The summed E-state index contributed by atoms with van der Waals surface area (Å²) in [6.45, 7) is 9.95. The van der Waals surface area contributed by atoms with Gasteiger partial charge in [0.2, 0.25) is 6.41 Å². The molecule has 0 saturated carbocycles. The van der Waals surface area contributed by atoms with E-state index in [9.17, 15) is 4.79 Å². The fraction of sp³-hybridized carbons (Fsp3) is 0.594. The van der Waals surface area contributed by atoms with E-state index in [2.05, 4.69) is 64.9 Å². The molecule has 2 aromatic rings. The normalized spacial score (nSPS) is 21.1. The third-order valence-corrected chi connectivity index (χ3v) is 7.83. The molecular formula is C32H47N3O6. The number of nitrogens with one attached hydrogen (secondary N) is 2. The summed E-state index contributed by atoms with van der Waals surface area (Å²) < 4.78 is 28.9. The zero-order valence-corrected chi connectivity index (χ0v) is 24.8. The van der Waals surface area contributed by atoms with Gasteiger partial charge in [-0.2, -0.15) is 0 Å². The quantitative estimate of drug-likeness (QED) is 0.222. The van der Waals surface area contributed by atoms with Crippen LogP contribution in [0, 0.1) is 11.8 Å². The molecule has 0 spiro atoms. The van der Waals surface area contributed by atoms with Crippen LogP contribution in [0.25, 0.3) is 0 Å². The summed E-state index contributed by atoms with van der Waals surface area (Å²) in [7, 11) is 3.45. The highest BCUT2D eigenvalue weighted by molar-refractivity contribution is 5.61. The summed E-state index contributed by atoms with van der Waals surface area (Å²) >= 11 is 0. The van der Waals surface area contributed by atoms with Gasteiger partial charge in [0.1, 0.15) is 12.4 Å². The minimum Gasteiger partial charge on any atom is -0.490 e. The predicted molar refractivity (Wildman–Crippen MR) is 160 cm³/mol. The number of nitrogens with zero attached hydrogens (tertiary/aromatic N) is 1. The van der Waals surface area contributed by atoms with Gasteiger partial charge in [-0.1, -0.05) is 37.3 Å². The third kappa shape index (κ3) is 9.15. The minimum atomic E-state index is -0.0377. The maximum atomic E-state index is 11.1. The number of anilines is 1. The first-order valence-electron chi connectivity index (χ1n) is 14.8. The lowest BCUT2D eigenvalue weighted by atomic mass is 9.79. The number of hydrogen-bond donors (Lipinski definition) is 2. The number of ether oxygens (including phenoxy) is 5. The van der Waals surface area contributed by atoms with Crippen LogP contribution < -0.4 is 20.3 Å². The lowest BCUT2D eigenvalue weighted by molar-refractivity contribution is -0.109. The number of hydrogen-bond acceptors (Lipinski definition) is 8. The van der Waals surface area contributed by atoms with Crippen LogP contribution >= 0.6 is 0 Å². The summed E-state index contributed by atoms with van der Waals surface area (Å²) in [5.74, 6) is 1.64. The molecule has 0 aromatic heterocycles. The Morgan fingerprint density at radius 2 is 1.90 bits per heavy atom. The number of piperidine rings is 1. The van der Waals surface area contributed by atoms with Gasteiger partial charge in [-0.15, -0.1) is 0 Å². The third-order valence-electron chi connectivity index (χ3n) is 7.83. The van der Waals surface area contributed by atoms with E-state index in [-0.39, 0.29) is 17.9 Å². The largest absolute Gasteiger partial charge is 0.490 e. The summed E-state index contributed by atoms with van der Waals surface area (Å²) in [4.78, 5) is 13.5. The van der Waals surface area contributed by atoms with Crippen molar-refractivity contribution in [3.63, 3.8) is 0 Å². The summed E-state index contributed by atoms with van der Waals surface area (Å²) in [5.41, 5.74) is 4.59. The van der Waals surface area contributed by atoms with Gasteiger partial charge in [-0.3, -0.25) is 4.79 Å². The van der Waals surface area contributed by atoms with Crippen LogP contribution in [0.2, 0.25) is 0 Å². The molecular weight excluding hydrogens is 522 g/mol. The van der Waals surface area contributed by atoms with Crippen molar-refractivity contribution < 1.29 is 28.5 Å². The Morgan fingerprint density at radius 3 is 2.68 bits per heavy atom. The van der Waals surface area contributed by atoms with Gasteiger partial charge in [-0.25, -0.2) is 0 Å². The number of amides is 1. The fourth-order valence-corrected chi connectivity index (χ4v) is 5.81. The number of methoxy groups -OCH3 is 2. The SMILES string of the molecule is COCCCN1CCOc2ccc(CO[C@H]3CNC[C@@H](CNC=O)[C@@H]3c3ccc(COCC(C)COC)cc3)cc21. The van der Waals surface area contributed by atoms with Crippen molar-refractivity contribution in [3.05, 3.63) is 59.2 Å². The van der Waals surface area contributed by atoms with E-state index in [0.29, 0.717) is 45.5 Å². The summed E-state index contributed by atoms with van der Waals surface area (Å²) in [6.07, 6.45) is 1.71. The van der Waals surface area contributed by atoms with E-state index in [1.165, 1.54) is 5.56 Å². The highest BCUT2D eigenvalue weighted by Crippen LogP contribution is 2.35. The fourth-order valence-electron chi connectivity index (χ4n) is 5.81. The molecule has 2 aliphatic rings. The van der Waals surface area contributed by atoms with Crippen LogP contribution in [0.4, 0.5) is 5.69 Å². The lowest BCUT2D eigenvalue weighted by Gasteiger charge is -2.39. The van der Waals surface area contributed by atoms with Gasteiger partial charge < -0.3 is 39.2 Å². The van der Waals surface area contributed by atoms with Crippen LogP contribution in [0.15, 0.2) is 42.5 Å². The van der Waals surface area contributed by atoms with Crippen LogP contribution in [0.5, 0.6) is 5.75 Å². The molecule has 41 heavy (non-hydrogen) atoms. The number of fused-ring (bicyclic) bond motifs is 1. The molecule has 2 aromatic carbocycles. The Morgan fingerprint density at radius 1 is 1.07 bits per heavy atom. The molecule has 2 N–H and O–H groups in total. The second-order valence-electron chi connectivity index (χ2n) is 11.1. The lowest BCUT2D eigenvalue weighted by Crippen LogP contribution is -2.49. The maximum absolute atomic E-state index is 11.1. The zero-order chi connectivity index (χ0) is 28.9. The minimum absolute atomic E-state index is 0.0377. The highest BCUT2D eigenvalue weighted by Gasteiger charge is 2.35. The molecule has 9 heteroatoms. The van der Waals surface area contributed by atoms with Gasteiger partial charge in [0.05, 0.1) is 44.8 Å². The van der Waals surface area contributed by atoms with Crippen molar-refractivity contribution in [3.8, 4) is 5.75 Å². The zero-order valence-electron chi connectivity index (χ0n) is 24.8. The maximum Gasteiger partial charge on any atom is 0.207 e. The van der Waals surface area contributed by atoms with E-state index in [1.54, 1.807) is 14.2 Å². The van der Waals surface area contributed by atoms with E-state index in [1.807, 2.05) is 0 Å². The van der Waals surface area contributed by atoms with Crippen molar-refractivity contribution in [2.24, 2.45) is 11.8 Å². The monoisotopic (exact) mass is 569 g/mol. The molecule has 4 atom stereocenters. The molecule has 1 fully saturated rings. The van der Waals surface area contributed by atoms with Crippen molar-refractivity contribution in [2.75, 3.05) is 78.3 Å². The molecule has 1 amide bonds. The first kappa shape index (κ1) is 31.3. The Balaban J connectivity index is 1.43. The van der Waals surface area contributed by atoms with Crippen molar-refractivity contribution in [2.45, 2.75) is 38.6 Å². The van der Waals surface area contributed by atoms with E-state index in [0.717, 1.165) is 68.2 Å². The Labute approximate surface area is 244 Å². The summed E-state index contributed by atoms with van der Waals surface area (Å²) in [6, 6.07) is 15.0. The Bertz CT molecular complexity index is 1050. The van der Waals surface area contributed by atoms with Gasteiger partial charge in [0, 0.05) is 58.8 Å². The number of carbonyl (C=O) groups excluding carboxylic acids is 1. The van der Waals surface area contributed by atoms with E-state index < -0.39 is 0 Å². The van der Waals surface area contributed by atoms with E-state index >= 15 is 0 Å². The second-order valence-corrected chi connectivity index (χ2v) is 11.1. The topological polar surface area (TPSA) is 90.5 Å². The van der Waals surface area contributed by atoms with Crippen LogP contribution in [0.3, 0.4) is 0 Å². The van der Waals surface area contributed by atoms with Crippen LogP contribution in [-0.4, -0.2) is 85.9 Å². The Hall–Kier alpha value is -2.69. The molecule has 0 aliphatic carbocycles. The summed E-state index contributed by atoms with van der Waals surface area (Å²) in [5, 5.41) is 6.42.